The Hall–Kier alpha value is -2.34. The highest BCUT2D eigenvalue weighted by atomic mass is 16.5. The SMILES string of the molecule is C[C@H](Cc1ccco1)NC(=O)c1ccc(N2C[C@@H](C)O[C@@H](C)C2)nc1. The van der Waals surface area contributed by atoms with Gasteiger partial charge in [-0.3, -0.25) is 4.79 Å². The first kappa shape index (κ1) is 17.5. The van der Waals surface area contributed by atoms with Crippen molar-refractivity contribution in [3.8, 4) is 0 Å². The standard InChI is InChI=1S/C19H25N3O3/c1-13(9-17-5-4-8-24-17)21-19(23)16-6-7-18(20-10-16)22-11-14(2)25-15(3)12-22/h4-8,10,13-15H,9,11-12H2,1-3H3,(H,21,23)/t13-,14-,15+/m1/s1. The molecule has 134 valence electrons. The number of morpholine rings is 1. The molecule has 0 bridgehead atoms. The van der Waals surface area contributed by atoms with Crippen LogP contribution in [0.3, 0.4) is 0 Å². The smallest absolute Gasteiger partial charge is 0.253 e. The van der Waals surface area contributed by atoms with Gasteiger partial charge in [-0.25, -0.2) is 4.98 Å². The first-order valence-corrected chi connectivity index (χ1v) is 8.71. The molecule has 0 aromatic carbocycles. The summed E-state index contributed by atoms with van der Waals surface area (Å²) >= 11 is 0. The number of pyridine rings is 1. The topological polar surface area (TPSA) is 67.6 Å². The van der Waals surface area contributed by atoms with Gasteiger partial charge < -0.3 is 19.4 Å². The molecular weight excluding hydrogens is 318 g/mol. The van der Waals surface area contributed by atoms with E-state index in [4.69, 9.17) is 9.15 Å². The number of ether oxygens (including phenoxy) is 1. The number of rotatable bonds is 5. The lowest BCUT2D eigenvalue weighted by Gasteiger charge is -2.36. The number of hydrogen-bond donors (Lipinski definition) is 1. The third-order valence-electron chi connectivity index (χ3n) is 4.22. The van der Waals surface area contributed by atoms with Crippen LogP contribution >= 0.6 is 0 Å². The van der Waals surface area contributed by atoms with Gasteiger partial charge in [0.2, 0.25) is 0 Å². The molecular formula is C19H25N3O3. The fraction of sp³-hybridized carbons (Fsp3) is 0.474. The molecule has 25 heavy (non-hydrogen) atoms. The van der Waals surface area contributed by atoms with Crippen LogP contribution in [0.5, 0.6) is 0 Å². The van der Waals surface area contributed by atoms with Crippen LogP contribution in [0.4, 0.5) is 5.82 Å². The molecule has 1 fully saturated rings. The Labute approximate surface area is 148 Å². The lowest BCUT2D eigenvalue weighted by Crippen LogP contribution is -2.45. The average molecular weight is 343 g/mol. The zero-order valence-corrected chi connectivity index (χ0v) is 14.9. The van der Waals surface area contributed by atoms with E-state index in [0.717, 1.165) is 24.7 Å². The Morgan fingerprint density at radius 1 is 1.32 bits per heavy atom. The fourth-order valence-electron chi connectivity index (χ4n) is 3.16. The molecule has 1 N–H and O–H groups in total. The molecule has 1 aliphatic heterocycles. The quantitative estimate of drug-likeness (QED) is 0.904. The minimum atomic E-state index is -0.123. The largest absolute Gasteiger partial charge is 0.469 e. The predicted molar refractivity (Wildman–Crippen MR) is 95.8 cm³/mol. The normalized spacial score (nSPS) is 21.8. The molecule has 1 amide bonds. The van der Waals surface area contributed by atoms with Gasteiger partial charge in [0.1, 0.15) is 11.6 Å². The summed E-state index contributed by atoms with van der Waals surface area (Å²) in [5.74, 6) is 1.61. The first-order chi connectivity index (χ1) is 12.0. The van der Waals surface area contributed by atoms with Crippen LogP contribution in [0.15, 0.2) is 41.1 Å². The third-order valence-corrected chi connectivity index (χ3v) is 4.22. The molecule has 0 unspecified atom stereocenters. The highest BCUT2D eigenvalue weighted by molar-refractivity contribution is 5.94. The van der Waals surface area contributed by atoms with Crippen molar-refractivity contribution in [2.24, 2.45) is 0 Å². The summed E-state index contributed by atoms with van der Waals surface area (Å²) in [6, 6.07) is 7.46. The van der Waals surface area contributed by atoms with Crippen LogP contribution in [0.1, 0.15) is 36.9 Å². The molecule has 6 nitrogen and oxygen atoms in total. The summed E-state index contributed by atoms with van der Waals surface area (Å²) in [6.45, 7) is 7.70. The Bertz CT molecular complexity index is 674. The summed E-state index contributed by atoms with van der Waals surface area (Å²) in [5, 5.41) is 2.98. The second-order valence-electron chi connectivity index (χ2n) is 6.73. The molecule has 6 heteroatoms. The number of nitrogens with one attached hydrogen (secondary N) is 1. The maximum atomic E-state index is 12.4. The van der Waals surface area contributed by atoms with E-state index in [-0.39, 0.29) is 24.2 Å². The van der Waals surface area contributed by atoms with E-state index in [0.29, 0.717) is 12.0 Å². The lowest BCUT2D eigenvalue weighted by atomic mass is 10.1. The molecule has 2 aromatic heterocycles. The minimum Gasteiger partial charge on any atom is -0.469 e. The van der Waals surface area contributed by atoms with Gasteiger partial charge in [0.15, 0.2) is 0 Å². The summed E-state index contributed by atoms with van der Waals surface area (Å²) in [5.41, 5.74) is 0.560. The first-order valence-electron chi connectivity index (χ1n) is 8.71. The van der Waals surface area contributed by atoms with Gasteiger partial charge in [-0.2, -0.15) is 0 Å². The maximum Gasteiger partial charge on any atom is 0.253 e. The number of aromatic nitrogens is 1. The van der Waals surface area contributed by atoms with Crippen molar-refractivity contribution in [3.05, 3.63) is 48.0 Å². The highest BCUT2D eigenvalue weighted by Gasteiger charge is 2.23. The number of amides is 1. The van der Waals surface area contributed by atoms with Crippen molar-refractivity contribution < 1.29 is 13.9 Å². The Balaban J connectivity index is 1.58. The minimum absolute atomic E-state index is 0.0146. The summed E-state index contributed by atoms with van der Waals surface area (Å²) < 4.78 is 11.1. The van der Waals surface area contributed by atoms with E-state index in [1.165, 1.54) is 0 Å². The van der Waals surface area contributed by atoms with Gasteiger partial charge in [0.25, 0.3) is 5.91 Å². The molecule has 0 saturated carbocycles. The number of anilines is 1. The van der Waals surface area contributed by atoms with Gasteiger partial charge in [-0.1, -0.05) is 0 Å². The van der Waals surface area contributed by atoms with E-state index in [1.54, 1.807) is 12.5 Å². The van der Waals surface area contributed by atoms with E-state index in [9.17, 15) is 4.79 Å². The van der Waals surface area contributed by atoms with Crippen LogP contribution in [0, 0.1) is 0 Å². The van der Waals surface area contributed by atoms with E-state index in [2.05, 4.69) is 29.0 Å². The summed E-state index contributed by atoms with van der Waals surface area (Å²) in [4.78, 5) is 19.0. The van der Waals surface area contributed by atoms with Crippen LogP contribution in [-0.2, 0) is 11.2 Å². The number of nitrogens with zero attached hydrogens (tertiary/aromatic N) is 2. The lowest BCUT2D eigenvalue weighted by molar-refractivity contribution is -0.00546. The Kier molecular flexibility index (Phi) is 5.38. The van der Waals surface area contributed by atoms with Crippen molar-refractivity contribution in [1.29, 1.82) is 0 Å². The Morgan fingerprint density at radius 3 is 2.68 bits per heavy atom. The predicted octanol–water partition coefficient (Wildman–Crippen LogP) is 2.65. The van der Waals surface area contributed by atoms with Crippen molar-refractivity contribution in [1.82, 2.24) is 10.3 Å². The zero-order valence-electron chi connectivity index (χ0n) is 14.9. The second kappa shape index (κ2) is 7.70. The molecule has 1 saturated heterocycles. The molecule has 3 heterocycles. The van der Waals surface area contributed by atoms with Gasteiger partial charge in [-0.15, -0.1) is 0 Å². The number of carbonyl (C=O) groups is 1. The van der Waals surface area contributed by atoms with E-state index < -0.39 is 0 Å². The van der Waals surface area contributed by atoms with Crippen molar-refractivity contribution in [2.45, 2.75) is 45.4 Å². The summed E-state index contributed by atoms with van der Waals surface area (Å²) in [7, 11) is 0. The van der Waals surface area contributed by atoms with Crippen molar-refractivity contribution in [3.63, 3.8) is 0 Å². The van der Waals surface area contributed by atoms with Gasteiger partial charge in [0.05, 0.1) is 24.0 Å². The van der Waals surface area contributed by atoms with Crippen molar-refractivity contribution in [2.75, 3.05) is 18.0 Å². The molecule has 3 atom stereocenters. The van der Waals surface area contributed by atoms with Gasteiger partial charge in [-0.05, 0) is 45.0 Å². The molecule has 0 radical (unpaired) electrons. The van der Waals surface area contributed by atoms with Crippen LogP contribution in [0.2, 0.25) is 0 Å². The van der Waals surface area contributed by atoms with E-state index in [1.807, 2.05) is 31.2 Å². The van der Waals surface area contributed by atoms with Crippen LogP contribution in [0.25, 0.3) is 0 Å². The number of carbonyl (C=O) groups excluding carboxylic acids is 1. The number of hydrogen-bond acceptors (Lipinski definition) is 5. The monoisotopic (exact) mass is 343 g/mol. The van der Waals surface area contributed by atoms with E-state index >= 15 is 0 Å². The zero-order chi connectivity index (χ0) is 17.8. The van der Waals surface area contributed by atoms with Crippen LogP contribution < -0.4 is 10.2 Å². The third kappa shape index (κ3) is 4.60. The van der Waals surface area contributed by atoms with Crippen LogP contribution in [-0.4, -0.2) is 42.2 Å². The highest BCUT2D eigenvalue weighted by Crippen LogP contribution is 2.18. The molecule has 3 rings (SSSR count). The average Bonchev–Trinajstić information content (AvgIpc) is 3.07. The molecule has 0 spiro atoms. The maximum absolute atomic E-state index is 12.4. The molecule has 0 aliphatic carbocycles. The van der Waals surface area contributed by atoms with Gasteiger partial charge in [0, 0.05) is 31.7 Å². The van der Waals surface area contributed by atoms with Crippen molar-refractivity contribution >= 4 is 11.7 Å². The Morgan fingerprint density at radius 2 is 2.08 bits per heavy atom. The fourth-order valence-corrected chi connectivity index (χ4v) is 3.16. The molecule has 1 aliphatic rings. The summed E-state index contributed by atoms with van der Waals surface area (Å²) in [6.07, 6.45) is 4.29. The number of furan rings is 1. The molecule has 2 aromatic rings. The second-order valence-corrected chi connectivity index (χ2v) is 6.73. The van der Waals surface area contributed by atoms with Gasteiger partial charge >= 0.3 is 0 Å².